The largest absolute Gasteiger partial charge is 0.349 e. The number of nitrogens with one attached hydrogen (secondary N) is 2. The van der Waals surface area contributed by atoms with Crippen LogP contribution in [-0.2, 0) is 4.79 Å². The van der Waals surface area contributed by atoms with Crippen LogP contribution in [0.3, 0.4) is 0 Å². The van der Waals surface area contributed by atoms with Crippen molar-refractivity contribution in [3.8, 4) is 0 Å². The van der Waals surface area contributed by atoms with Crippen molar-refractivity contribution in [2.75, 3.05) is 29.1 Å². The van der Waals surface area contributed by atoms with E-state index in [9.17, 15) is 9.59 Å². The number of likely N-dealkylation sites (N-methyl/N-ethyl adjacent to an activating group) is 1. The molecule has 0 saturated heterocycles. The molecule has 2 aromatic heterocycles. The summed E-state index contributed by atoms with van der Waals surface area (Å²) >= 11 is 0. The van der Waals surface area contributed by atoms with Gasteiger partial charge in [-0.25, -0.2) is 9.67 Å². The van der Waals surface area contributed by atoms with E-state index in [0.717, 1.165) is 12.8 Å². The maximum atomic E-state index is 12.5. The molecule has 0 radical (unpaired) electrons. The van der Waals surface area contributed by atoms with E-state index in [1.807, 2.05) is 4.68 Å². The van der Waals surface area contributed by atoms with Crippen molar-refractivity contribution < 1.29 is 9.59 Å². The van der Waals surface area contributed by atoms with Gasteiger partial charge >= 0.3 is 0 Å². The van der Waals surface area contributed by atoms with Crippen LogP contribution in [0.2, 0.25) is 0 Å². The van der Waals surface area contributed by atoms with Crippen LogP contribution in [0.5, 0.6) is 0 Å². The van der Waals surface area contributed by atoms with Gasteiger partial charge in [-0.15, -0.1) is 0 Å². The Morgan fingerprint density at radius 3 is 3.00 bits per heavy atom. The molecule has 8 nitrogen and oxygen atoms in total. The first-order valence-corrected chi connectivity index (χ1v) is 7.98. The topological polar surface area (TPSA) is 92.2 Å². The average Bonchev–Trinajstić information content (AvgIpc) is 2.92. The second-order valence-corrected chi connectivity index (χ2v) is 6.20. The predicted octanol–water partition coefficient (Wildman–Crippen LogP) is 1.64. The van der Waals surface area contributed by atoms with Crippen LogP contribution in [0.4, 0.5) is 17.3 Å². The fourth-order valence-corrected chi connectivity index (χ4v) is 2.98. The Morgan fingerprint density at radius 1 is 1.42 bits per heavy atom. The molecule has 1 aliphatic heterocycles. The Hall–Kier alpha value is -2.90. The van der Waals surface area contributed by atoms with Gasteiger partial charge in [0.15, 0.2) is 5.82 Å². The molecule has 2 N–H and O–H groups in total. The molecule has 3 heterocycles. The fraction of sp³-hybridized carbons (Fsp3) is 0.375. The number of aromatic nitrogens is 3. The van der Waals surface area contributed by atoms with Crippen LogP contribution in [-0.4, -0.2) is 40.2 Å². The Balaban J connectivity index is 1.56. The van der Waals surface area contributed by atoms with Crippen molar-refractivity contribution in [1.29, 1.82) is 0 Å². The number of fused-ring (bicyclic) bond motifs is 1. The summed E-state index contributed by atoms with van der Waals surface area (Å²) in [4.78, 5) is 30.2. The average molecular weight is 326 g/mol. The Kier molecular flexibility index (Phi) is 3.44. The van der Waals surface area contributed by atoms with E-state index in [2.05, 4.69) is 20.7 Å². The van der Waals surface area contributed by atoms with Gasteiger partial charge in [-0.1, -0.05) is 0 Å². The molecule has 24 heavy (non-hydrogen) atoms. The molecule has 124 valence electrons. The van der Waals surface area contributed by atoms with E-state index in [0.29, 0.717) is 28.9 Å². The molecule has 1 saturated carbocycles. The predicted molar refractivity (Wildman–Crippen MR) is 89.2 cm³/mol. The van der Waals surface area contributed by atoms with Crippen molar-refractivity contribution in [2.45, 2.75) is 25.3 Å². The van der Waals surface area contributed by atoms with Crippen molar-refractivity contribution in [3.05, 3.63) is 30.1 Å². The second-order valence-electron chi connectivity index (χ2n) is 6.20. The van der Waals surface area contributed by atoms with Crippen LogP contribution in [0.1, 0.15) is 35.7 Å². The molecule has 2 amide bonds. The highest BCUT2D eigenvalue weighted by atomic mass is 16.2. The number of hydrogen-bond donors (Lipinski definition) is 2. The summed E-state index contributed by atoms with van der Waals surface area (Å²) in [5.41, 5.74) is 0.944. The van der Waals surface area contributed by atoms with Gasteiger partial charge in [0, 0.05) is 19.3 Å². The summed E-state index contributed by atoms with van der Waals surface area (Å²) in [6, 6.07) is 3.80. The van der Waals surface area contributed by atoms with Crippen molar-refractivity contribution in [1.82, 2.24) is 14.8 Å². The van der Waals surface area contributed by atoms with E-state index in [1.54, 1.807) is 30.3 Å². The minimum Gasteiger partial charge on any atom is -0.349 e. The van der Waals surface area contributed by atoms with Crippen LogP contribution in [0.25, 0.3) is 0 Å². The summed E-state index contributed by atoms with van der Waals surface area (Å²) in [7, 11) is 1.79. The van der Waals surface area contributed by atoms with Gasteiger partial charge in [0.1, 0.15) is 5.82 Å². The van der Waals surface area contributed by atoms with Crippen LogP contribution < -0.4 is 15.5 Å². The molecule has 8 heteroatoms. The summed E-state index contributed by atoms with van der Waals surface area (Å²) < 4.78 is 1.86. The summed E-state index contributed by atoms with van der Waals surface area (Å²) in [6.07, 6.45) is 6.58. The van der Waals surface area contributed by atoms with Gasteiger partial charge in [0.25, 0.3) is 5.91 Å². The molecule has 2 aromatic rings. The summed E-state index contributed by atoms with van der Waals surface area (Å²) in [5, 5.41) is 9.93. The second kappa shape index (κ2) is 5.63. The van der Waals surface area contributed by atoms with Gasteiger partial charge in [-0.05, 0) is 25.3 Å². The van der Waals surface area contributed by atoms with Crippen LogP contribution >= 0.6 is 0 Å². The molecule has 0 atom stereocenters. The third-order valence-electron chi connectivity index (χ3n) is 4.48. The Morgan fingerprint density at radius 2 is 2.25 bits per heavy atom. The molecule has 0 aromatic carbocycles. The quantitative estimate of drug-likeness (QED) is 0.894. The minimum absolute atomic E-state index is 0.118. The van der Waals surface area contributed by atoms with E-state index in [4.69, 9.17) is 0 Å². The minimum atomic E-state index is -0.270. The lowest BCUT2D eigenvalue weighted by molar-refractivity contribution is -0.115. The molecular weight excluding hydrogens is 308 g/mol. The molecule has 0 bridgehead atoms. The molecule has 0 spiro atoms. The maximum Gasteiger partial charge on any atom is 0.258 e. The van der Waals surface area contributed by atoms with Gasteiger partial charge in [0.2, 0.25) is 5.91 Å². The van der Waals surface area contributed by atoms with Gasteiger partial charge < -0.3 is 15.5 Å². The number of nitrogens with zero attached hydrogens (tertiary/aromatic N) is 4. The van der Waals surface area contributed by atoms with Gasteiger partial charge in [-0.3, -0.25) is 9.59 Å². The third-order valence-corrected chi connectivity index (χ3v) is 4.48. The highest BCUT2D eigenvalue weighted by Gasteiger charge is 2.24. The summed E-state index contributed by atoms with van der Waals surface area (Å²) in [5.74, 6) is 0.954. The lowest BCUT2D eigenvalue weighted by Gasteiger charge is -2.27. The van der Waals surface area contributed by atoms with Crippen LogP contribution in [0, 0.1) is 0 Å². The lowest BCUT2D eigenvalue weighted by atomic mass is 9.93. The summed E-state index contributed by atoms with van der Waals surface area (Å²) in [6.45, 7) is 0.256. The number of rotatable bonds is 3. The van der Waals surface area contributed by atoms with E-state index in [1.165, 1.54) is 12.6 Å². The Labute approximate surface area is 138 Å². The molecule has 4 rings (SSSR count). The fourth-order valence-electron chi connectivity index (χ4n) is 2.98. The van der Waals surface area contributed by atoms with Crippen molar-refractivity contribution in [3.63, 3.8) is 0 Å². The molecule has 1 aliphatic carbocycles. The standard InChI is InChI=1S/C16H18N6O2/c1-21-9-14(23)19-12-7-10(8-17-15(12)21)16(24)20-13-5-6-18-22(13)11-3-2-4-11/h5-8,11H,2-4,9H2,1H3,(H,19,23)(H,20,24). The lowest BCUT2D eigenvalue weighted by Crippen LogP contribution is -2.36. The third kappa shape index (κ3) is 2.49. The van der Waals surface area contributed by atoms with Crippen molar-refractivity contribution >= 4 is 29.1 Å². The number of carbonyl (C=O) groups excluding carboxylic acids is 2. The number of amides is 2. The zero-order chi connectivity index (χ0) is 16.7. The first-order valence-electron chi connectivity index (χ1n) is 7.98. The highest BCUT2D eigenvalue weighted by molar-refractivity contribution is 6.06. The first kappa shape index (κ1) is 14.7. The van der Waals surface area contributed by atoms with E-state index >= 15 is 0 Å². The van der Waals surface area contributed by atoms with E-state index < -0.39 is 0 Å². The Bertz CT molecular complexity index is 811. The first-order chi connectivity index (χ1) is 11.6. The SMILES string of the molecule is CN1CC(=O)Nc2cc(C(=O)Nc3ccnn3C3CCC3)cnc21. The number of anilines is 3. The maximum absolute atomic E-state index is 12.5. The molecule has 1 fully saturated rings. The number of carbonyl (C=O) groups is 2. The molecule has 0 unspecified atom stereocenters. The van der Waals surface area contributed by atoms with Crippen molar-refractivity contribution in [2.24, 2.45) is 0 Å². The highest BCUT2D eigenvalue weighted by Crippen LogP contribution is 2.33. The van der Waals surface area contributed by atoms with E-state index in [-0.39, 0.29) is 18.4 Å². The van der Waals surface area contributed by atoms with Gasteiger partial charge in [0.05, 0.1) is 30.0 Å². The normalized spacial score (nSPS) is 17.0. The molecular formula is C16H18N6O2. The zero-order valence-corrected chi connectivity index (χ0v) is 13.3. The van der Waals surface area contributed by atoms with Gasteiger partial charge in [-0.2, -0.15) is 5.10 Å². The monoisotopic (exact) mass is 326 g/mol. The molecule has 2 aliphatic rings. The van der Waals surface area contributed by atoms with Crippen LogP contribution in [0.15, 0.2) is 24.5 Å². The number of hydrogen-bond acceptors (Lipinski definition) is 5. The zero-order valence-electron chi connectivity index (χ0n) is 13.3. The number of pyridine rings is 1. The smallest absolute Gasteiger partial charge is 0.258 e.